The molecule has 1 unspecified atom stereocenters. The number of aromatic nitrogens is 2. The molecule has 0 aliphatic carbocycles. The number of aromatic carboxylic acids is 1. The molecular formula is C16H21N3O2. The molecule has 2 aromatic heterocycles. The number of hydrogen-bond acceptors (Lipinski definition) is 3. The Hall–Kier alpha value is -2.04. The van der Waals surface area contributed by atoms with Crippen LogP contribution in [-0.4, -0.2) is 33.0 Å². The van der Waals surface area contributed by atoms with Crippen LogP contribution in [0, 0.1) is 6.92 Å². The van der Waals surface area contributed by atoms with Gasteiger partial charge in [0.1, 0.15) is 5.65 Å². The number of piperidine rings is 1. The van der Waals surface area contributed by atoms with Gasteiger partial charge in [0.15, 0.2) is 5.69 Å². The molecule has 5 nitrogen and oxygen atoms in total. The molecule has 0 radical (unpaired) electrons. The van der Waals surface area contributed by atoms with Crippen molar-refractivity contribution >= 4 is 17.3 Å². The van der Waals surface area contributed by atoms with Gasteiger partial charge in [0.25, 0.3) is 0 Å². The van der Waals surface area contributed by atoms with Gasteiger partial charge in [0, 0.05) is 25.0 Å². The largest absolute Gasteiger partial charge is 0.476 e. The maximum absolute atomic E-state index is 11.1. The van der Waals surface area contributed by atoms with Gasteiger partial charge >= 0.3 is 5.97 Å². The van der Waals surface area contributed by atoms with Gasteiger partial charge < -0.3 is 14.4 Å². The number of fused-ring (bicyclic) bond motifs is 1. The number of carboxylic acid groups (broad SMARTS) is 1. The Morgan fingerprint density at radius 1 is 1.43 bits per heavy atom. The Morgan fingerprint density at radius 3 is 2.95 bits per heavy atom. The van der Waals surface area contributed by atoms with E-state index >= 15 is 0 Å². The number of rotatable bonds is 3. The second-order valence-electron chi connectivity index (χ2n) is 5.79. The summed E-state index contributed by atoms with van der Waals surface area (Å²) in [6.07, 6.45) is 8.50. The topological polar surface area (TPSA) is 57.8 Å². The summed E-state index contributed by atoms with van der Waals surface area (Å²) in [5.41, 5.74) is 3.00. The highest BCUT2D eigenvalue weighted by Gasteiger charge is 2.22. The van der Waals surface area contributed by atoms with Crippen LogP contribution in [0.3, 0.4) is 0 Å². The quantitative estimate of drug-likeness (QED) is 0.942. The van der Waals surface area contributed by atoms with E-state index in [0.717, 1.165) is 24.2 Å². The molecule has 21 heavy (non-hydrogen) atoms. The van der Waals surface area contributed by atoms with Gasteiger partial charge in [-0.2, -0.15) is 0 Å². The molecule has 1 aliphatic rings. The molecule has 0 bridgehead atoms. The van der Waals surface area contributed by atoms with E-state index in [4.69, 9.17) is 5.11 Å². The van der Waals surface area contributed by atoms with Gasteiger partial charge in [-0.25, -0.2) is 9.78 Å². The number of hydrogen-bond donors (Lipinski definition) is 1. The maximum atomic E-state index is 11.1. The number of imidazole rings is 1. The first-order valence-corrected chi connectivity index (χ1v) is 7.59. The number of carbonyl (C=O) groups is 1. The van der Waals surface area contributed by atoms with Gasteiger partial charge in [-0.05, 0) is 44.2 Å². The lowest BCUT2D eigenvalue weighted by atomic mass is 9.99. The lowest BCUT2D eigenvalue weighted by Gasteiger charge is -2.37. The summed E-state index contributed by atoms with van der Waals surface area (Å²) in [5.74, 6) is -0.982. The summed E-state index contributed by atoms with van der Waals surface area (Å²) in [6, 6.07) is 2.71. The third-order valence-corrected chi connectivity index (χ3v) is 4.37. The first-order chi connectivity index (χ1) is 10.1. The highest BCUT2D eigenvalue weighted by molar-refractivity contribution is 5.86. The third-order valence-electron chi connectivity index (χ3n) is 4.37. The van der Waals surface area contributed by atoms with Crippen molar-refractivity contribution in [3.63, 3.8) is 0 Å². The number of pyridine rings is 1. The summed E-state index contributed by atoms with van der Waals surface area (Å²) in [5, 5.41) is 9.09. The van der Waals surface area contributed by atoms with Gasteiger partial charge in [0.2, 0.25) is 0 Å². The molecule has 0 amide bonds. The summed E-state index contributed by atoms with van der Waals surface area (Å²) in [4.78, 5) is 17.7. The predicted octanol–water partition coefficient (Wildman–Crippen LogP) is 3.11. The Kier molecular flexibility index (Phi) is 3.57. The minimum atomic E-state index is -0.982. The predicted molar refractivity (Wildman–Crippen MR) is 82.2 cm³/mol. The number of nitrogens with zero attached hydrogens (tertiary/aromatic N) is 3. The molecule has 1 fully saturated rings. The van der Waals surface area contributed by atoms with Crippen molar-refractivity contribution in [2.75, 3.05) is 11.4 Å². The second-order valence-corrected chi connectivity index (χ2v) is 5.79. The molecule has 0 saturated carbocycles. The van der Waals surface area contributed by atoms with Crippen LogP contribution in [0.2, 0.25) is 0 Å². The van der Waals surface area contributed by atoms with E-state index in [-0.39, 0.29) is 5.69 Å². The molecule has 112 valence electrons. The minimum absolute atomic E-state index is 0.0981. The second kappa shape index (κ2) is 5.39. The van der Waals surface area contributed by atoms with Crippen molar-refractivity contribution in [1.82, 2.24) is 9.38 Å². The van der Waals surface area contributed by atoms with Crippen LogP contribution in [0.25, 0.3) is 5.65 Å². The molecule has 3 heterocycles. The van der Waals surface area contributed by atoms with Crippen molar-refractivity contribution in [3.05, 3.63) is 29.7 Å². The van der Waals surface area contributed by atoms with Gasteiger partial charge in [-0.3, -0.25) is 0 Å². The smallest absolute Gasteiger partial charge is 0.356 e. The zero-order chi connectivity index (χ0) is 15.0. The SMILES string of the molecule is CCC1CCCCN1c1cc(C)c2nc(C(=O)O)cn2c1. The molecule has 2 aromatic rings. The van der Waals surface area contributed by atoms with Crippen molar-refractivity contribution < 1.29 is 9.90 Å². The normalized spacial score (nSPS) is 19.1. The number of carboxylic acids is 1. The molecule has 0 aromatic carbocycles. The molecule has 5 heteroatoms. The maximum Gasteiger partial charge on any atom is 0.356 e. The first kappa shape index (κ1) is 13.9. The first-order valence-electron chi connectivity index (χ1n) is 7.59. The fourth-order valence-electron chi connectivity index (χ4n) is 3.28. The lowest BCUT2D eigenvalue weighted by molar-refractivity contribution is 0.0691. The lowest BCUT2D eigenvalue weighted by Crippen LogP contribution is -2.39. The van der Waals surface area contributed by atoms with E-state index in [9.17, 15) is 4.79 Å². The Bertz CT molecular complexity index is 677. The van der Waals surface area contributed by atoms with Crippen LogP contribution in [0.5, 0.6) is 0 Å². The van der Waals surface area contributed by atoms with Crippen LogP contribution >= 0.6 is 0 Å². The van der Waals surface area contributed by atoms with Gasteiger partial charge in [-0.15, -0.1) is 0 Å². The molecule has 1 atom stereocenters. The van der Waals surface area contributed by atoms with Crippen LogP contribution in [-0.2, 0) is 0 Å². The highest BCUT2D eigenvalue weighted by Crippen LogP contribution is 2.28. The molecule has 1 aliphatic heterocycles. The van der Waals surface area contributed by atoms with Crippen molar-refractivity contribution in [2.24, 2.45) is 0 Å². The molecule has 0 spiro atoms. The summed E-state index contributed by atoms with van der Waals surface area (Å²) < 4.78 is 1.84. The van der Waals surface area contributed by atoms with E-state index in [1.54, 1.807) is 6.20 Å². The van der Waals surface area contributed by atoms with E-state index in [2.05, 4.69) is 22.9 Å². The Labute approximate surface area is 124 Å². The van der Waals surface area contributed by atoms with Crippen LogP contribution < -0.4 is 4.90 Å². The molecule has 1 saturated heterocycles. The number of anilines is 1. The van der Waals surface area contributed by atoms with Crippen molar-refractivity contribution in [3.8, 4) is 0 Å². The van der Waals surface area contributed by atoms with Crippen LogP contribution in [0.1, 0.15) is 48.7 Å². The summed E-state index contributed by atoms with van der Waals surface area (Å²) >= 11 is 0. The molecule has 1 N–H and O–H groups in total. The highest BCUT2D eigenvalue weighted by atomic mass is 16.4. The Balaban J connectivity index is 2.04. The van der Waals surface area contributed by atoms with E-state index < -0.39 is 5.97 Å². The minimum Gasteiger partial charge on any atom is -0.476 e. The summed E-state index contributed by atoms with van der Waals surface area (Å²) in [6.45, 7) is 5.29. The monoisotopic (exact) mass is 287 g/mol. The molecular weight excluding hydrogens is 266 g/mol. The van der Waals surface area contributed by atoms with Crippen LogP contribution in [0.15, 0.2) is 18.5 Å². The zero-order valence-corrected chi connectivity index (χ0v) is 12.5. The van der Waals surface area contributed by atoms with Crippen molar-refractivity contribution in [2.45, 2.75) is 45.6 Å². The van der Waals surface area contributed by atoms with Crippen molar-refractivity contribution in [1.29, 1.82) is 0 Å². The van der Waals surface area contributed by atoms with E-state index in [0.29, 0.717) is 6.04 Å². The van der Waals surface area contributed by atoms with Gasteiger partial charge in [-0.1, -0.05) is 6.92 Å². The third kappa shape index (κ3) is 2.48. The average molecular weight is 287 g/mol. The van der Waals surface area contributed by atoms with Gasteiger partial charge in [0.05, 0.1) is 5.69 Å². The van der Waals surface area contributed by atoms with Crippen LogP contribution in [0.4, 0.5) is 5.69 Å². The van der Waals surface area contributed by atoms with E-state index in [1.807, 2.05) is 17.5 Å². The average Bonchev–Trinajstić information content (AvgIpc) is 2.92. The fourth-order valence-corrected chi connectivity index (χ4v) is 3.28. The Morgan fingerprint density at radius 2 is 2.24 bits per heavy atom. The standard InChI is InChI=1S/C16H21N3O2/c1-3-12-6-4-5-7-19(12)13-8-11(2)15-17-14(16(20)21)10-18(15)9-13/h8-10,12H,3-7H2,1-2H3,(H,20,21). The zero-order valence-electron chi connectivity index (χ0n) is 12.5. The summed E-state index contributed by atoms with van der Waals surface area (Å²) in [7, 11) is 0. The fraction of sp³-hybridized carbons (Fsp3) is 0.500. The van der Waals surface area contributed by atoms with E-state index in [1.165, 1.54) is 24.9 Å². The number of aryl methyl sites for hydroxylation is 1. The molecule has 3 rings (SSSR count).